The summed E-state index contributed by atoms with van der Waals surface area (Å²) in [5.74, 6) is 0. The molecule has 148 valence electrons. The zero-order valence-electron chi connectivity index (χ0n) is 17.5. The molecule has 4 heteroatoms. The quantitative estimate of drug-likeness (QED) is 0.736. The molecule has 0 radical (unpaired) electrons. The first kappa shape index (κ1) is 20.1. The first-order valence-corrected chi connectivity index (χ1v) is 10.5. The van der Waals surface area contributed by atoms with Crippen molar-refractivity contribution in [3.63, 3.8) is 0 Å². The maximum Gasteiger partial charge on any atom is 0.0604 e. The summed E-state index contributed by atoms with van der Waals surface area (Å²) in [5, 5.41) is 3.69. The highest BCUT2D eigenvalue weighted by atomic mass is 15.2. The molecule has 0 spiro atoms. The minimum Gasteiger partial charge on any atom is -0.383 e. The number of piperidine rings is 1. The second-order valence-corrected chi connectivity index (χ2v) is 8.30. The summed E-state index contributed by atoms with van der Waals surface area (Å²) < 4.78 is 0. The molecule has 4 nitrogen and oxygen atoms in total. The molecule has 0 unspecified atom stereocenters. The van der Waals surface area contributed by atoms with Crippen molar-refractivity contribution in [1.29, 1.82) is 0 Å². The van der Waals surface area contributed by atoms with Crippen molar-refractivity contribution in [2.75, 3.05) is 33.7 Å². The van der Waals surface area contributed by atoms with E-state index in [1.165, 1.54) is 54.6 Å². The SMILES string of the molecule is CC1=C([C@@H]2CCC[C@H](c3ncccc3C)N2CCCCN(C)C)NCC=C1. The molecule has 3 heterocycles. The second-order valence-electron chi connectivity index (χ2n) is 8.30. The number of pyridine rings is 1. The predicted octanol–water partition coefficient (Wildman–Crippen LogP) is 4.06. The van der Waals surface area contributed by atoms with E-state index >= 15 is 0 Å². The molecule has 2 aliphatic rings. The molecular weight excluding hydrogens is 332 g/mol. The molecule has 2 atom stereocenters. The number of hydrogen-bond donors (Lipinski definition) is 1. The number of hydrogen-bond acceptors (Lipinski definition) is 4. The van der Waals surface area contributed by atoms with Crippen molar-refractivity contribution in [3.05, 3.63) is 53.0 Å². The van der Waals surface area contributed by atoms with Crippen LogP contribution in [-0.4, -0.2) is 54.6 Å². The van der Waals surface area contributed by atoms with Crippen LogP contribution in [0.3, 0.4) is 0 Å². The van der Waals surface area contributed by atoms with E-state index in [2.05, 4.69) is 67.3 Å². The summed E-state index contributed by atoms with van der Waals surface area (Å²) in [7, 11) is 4.33. The second kappa shape index (κ2) is 9.52. The number of aromatic nitrogens is 1. The zero-order valence-corrected chi connectivity index (χ0v) is 17.5. The van der Waals surface area contributed by atoms with Crippen LogP contribution in [0.2, 0.25) is 0 Å². The van der Waals surface area contributed by atoms with Gasteiger partial charge in [-0.1, -0.05) is 18.2 Å². The first-order chi connectivity index (χ1) is 13.1. The molecule has 2 aliphatic heterocycles. The van der Waals surface area contributed by atoms with Crippen LogP contribution in [0.25, 0.3) is 0 Å². The van der Waals surface area contributed by atoms with Crippen molar-refractivity contribution < 1.29 is 0 Å². The number of aryl methyl sites for hydroxylation is 1. The van der Waals surface area contributed by atoms with Gasteiger partial charge in [-0.25, -0.2) is 0 Å². The van der Waals surface area contributed by atoms with Crippen LogP contribution >= 0.6 is 0 Å². The maximum absolute atomic E-state index is 4.81. The standard InChI is InChI=1S/C23H36N4/c1-18-10-8-14-24-22(18)20-12-7-13-21(23-19(2)11-9-15-25-23)27(20)17-6-5-16-26(3)4/h8-11,14,20-21,25H,5-7,12-13,15-17H2,1-4H3/t20-,21+/m1/s1. The molecule has 1 N–H and O–H groups in total. The Balaban J connectivity index is 1.85. The minimum atomic E-state index is 0.428. The molecule has 0 saturated carbocycles. The normalized spacial score (nSPS) is 23.7. The lowest BCUT2D eigenvalue weighted by molar-refractivity contribution is 0.0917. The van der Waals surface area contributed by atoms with E-state index in [1.807, 2.05) is 6.20 Å². The fraction of sp³-hybridized carbons (Fsp3) is 0.609. The largest absolute Gasteiger partial charge is 0.383 e. The number of likely N-dealkylation sites (tertiary alicyclic amines) is 1. The van der Waals surface area contributed by atoms with Crippen LogP contribution in [0.15, 0.2) is 41.8 Å². The van der Waals surface area contributed by atoms with Crippen LogP contribution in [0.4, 0.5) is 0 Å². The summed E-state index contributed by atoms with van der Waals surface area (Å²) in [5.41, 5.74) is 5.43. The van der Waals surface area contributed by atoms with Crippen molar-refractivity contribution in [3.8, 4) is 0 Å². The van der Waals surface area contributed by atoms with Crippen LogP contribution in [0.1, 0.15) is 56.3 Å². The molecule has 1 aromatic heterocycles. The number of nitrogens with one attached hydrogen (secondary N) is 1. The minimum absolute atomic E-state index is 0.428. The predicted molar refractivity (Wildman–Crippen MR) is 114 cm³/mol. The smallest absolute Gasteiger partial charge is 0.0604 e. The van der Waals surface area contributed by atoms with Gasteiger partial charge in [0, 0.05) is 18.4 Å². The van der Waals surface area contributed by atoms with E-state index in [9.17, 15) is 0 Å². The summed E-state index contributed by atoms with van der Waals surface area (Å²) in [6.07, 6.45) is 12.7. The average molecular weight is 369 g/mol. The Morgan fingerprint density at radius 3 is 2.74 bits per heavy atom. The summed E-state index contributed by atoms with van der Waals surface area (Å²) in [6.45, 7) is 7.71. The van der Waals surface area contributed by atoms with Gasteiger partial charge in [-0.3, -0.25) is 9.88 Å². The third-order valence-corrected chi connectivity index (χ3v) is 5.93. The van der Waals surface area contributed by atoms with Gasteiger partial charge < -0.3 is 10.2 Å². The summed E-state index contributed by atoms with van der Waals surface area (Å²) >= 11 is 0. The Hall–Kier alpha value is -1.65. The van der Waals surface area contributed by atoms with Crippen molar-refractivity contribution >= 4 is 0 Å². The highest BCUT2D eigenvalue weighted by Crippen LogP contribution is 2.38. The van der Waals surface area contributed by atoms with Gasteiger partial charge in [0.1, 0.15) is 0 Å². The third kappa shape index (κ3) is 4.99. The molecule has 3 rings (SSSR count). The van der Waals surface area contributed by atoms with Crippen LogP contribution in [-0.2, 0) is 0 Å². The van der Waals surface area contributed by atoms with Crippen molar-refractivity contribution in [2.45, 2.75) is 58.0 Å². The third-order valence-electron chi connectivity index (χ3n) is 5.93. The van der Waals surface area contributed by atoms with Gasteiger partial charge >= 0.3 is 0 Å². The monoisotopic (exact) mass is 368 g/mol. The molecule has 0 bridgehead atoms. The molecule has 1 aromatic rings. The summed E-state index contributed by atoms with van der Waals surface area (Å²) in [6, 6.07) is 5.18. The molecule has 0 aliphatic carbocycles. The van der Waals surface area contributed by atoms with Crippen molar-refractivity contribution in [2.24, 2.45) is 0 Å². The maximum atomic E-state index is 4.81. The van der Waals surface area contributed by atoms with Gasteiger partial charge in [-0.2, -0.15) is 0 Å². The molecule has 1 fully saturated rings. The highest BCUT2D eigenvalue weighted by molar-refractivity contribution is 5.32. The Morgan fingerprint density at radius 1 is 1.19 bits per heavy atom. The number of rotatable bonds is 7. The van der Waals surface area contributed by atoms with E-state index < -0.39 is 0 Å². The Labute approximate surface area is 165 Å². The fourth-order valence-electron chi connectivity index (χ4n) is 4.55. The number of nitrogens with zero attached hydrogens (tertiary/aromatic N) is 3. The first-order valence-electron chi connectivity index (χ1n) is 10.5. The molecule has 1 saturated heterocycles. The van der Waals surface area contributed by atoms with Crippen LogP contribution < -0.4 is 5.32 Å². The van der Waals surface area contributed by atoms with E-state index in [4.69, 9.17) is 4.98 Å². The number of unbranched alkanes of at least 4 members (excludes halogenated alkanes) is 1. The highest BCUT2D eigenvalue weighted by Gasteiger charge is 2.35. The van der Waals surface area contributed by atoms with E-state index in [-0.39, 0.29) is 0 Å². The van der Waals surface area contributed by atoms with Crippen LogP contribution in [0, 0.1) is 6.92 Å². The topological polar surface area (TPSA) is 31.4 Å². The van der Waals surface area contributed by atoms with Gasteiger partial charge in [-0.15, -0.1) is 0 Å². The molecule has 0 amide bonds. The molecule has 27 heavy (non-hydrogen) atoms. The number of dihydropyridines is 1. The van der Waals surface area contributed by atoms with Crippen LogP contribution in [0.5, 0.6) is 0 Å². The fourth-order valence-corrected chi connectivity index (χ4v) is 4.55. The average Bonchev–Trinajstić information content (AvgIpc) is 2.66. The Kier molecular flexibility index (Phi) is 7.08. The van der Waals surface area contributed by atoms with E-state index in [0.717, 1.165) is 19.6 Å². The van der Waals surface area contributed by atoms with E-state index in [0.29, 0.717) is 12.1 Å². The molecule has 0 aromatic carbocycles. The van der Waals surface area contributed by atoms with Gasteiger partial charge in [0.25, 0.3) is 0 Å². The zero-order chi connectivity index (χ0) is 19.2. The lowest BCUT2D eigenvalue weighted by atomic mass is 9.88. The summed E-state index contributed by atoms with van der Waals surface area (Å²) in [4.78, 5) is 9.84. The molecular formula is C23H36N4. The van der Waals surface area contributed by atoms with E-state index in [1.54, 1.807) is 0 Å². The van der Waals surface area contributed by atoms with Gasteiger partial charge in [0.05, 0.1) is 17.8 Å². The number of allylic oxidation sites excluding steroid dienone is 2. The Morgan fingerprint density at radius 2 is 2.00 bits per heavy atom. The van der Waals surface area contributed by atoms with Crippen molar-refractivity contribution in [1.82, 2.24) is 20.1 Å². The lowest BCUT2D eigenvalue weighted by Crippen LogP contribution is -2.47. The van der Waals surface area contributed by atoms with Gasteiger partial charge in [-0.05, 0) is 90.3 Å². The van der Waals surface area contributed by atoms with Gasteiger partial charge in [0.15, 0.2) is 0 Å². The Bertz CT molecular complexity index is 677. The lowest BCUT2D eigenvalue weighted by Gasteiger charge is -2.44. The van der Waals surface area contributed by atoms with Gasteiger partial charge in [0.2, 0.25) is 0 Å².